The third-order valence-electron chi connectivity index (χ3n) is 3.92. The Morgan fingerprint density at radius 3 is 2.32 bits per heavy atom. The topological polar surface area (TPSA) is 91.7 Å². The number of Topliss-reactive ketones (excluding diaryl/α,β-unsaturated/α-hetero) is 1. The van der Waals surface area contributed by atoms with Gasteiger partial charge in [0.2, 0.25) is 5.78 Å². The van der Waals surface area contributed by atoms with Crippen LogP contribution in [0, 0.1) is 6.92 Å². The molecule has 2 N–H and O–H groups in total. The van der Waals surface area contributed by atoms with Crippen molar-refractivity contribution in [3.63, 3.8) is 0 Å². The highest BCUT2D eigenvalue weighted by molar-refractivity contribution is 6.30. The third kappa shape index (κ3) is 1.69. The predicted octanol–water partition coefficient (Wildman–Crippen LogP) is 2.38. The van der Waals surface area contributed by atoms with E-state index in [1.165, 1.54) is 38.1 Å². The van der Waals surface area contributed by atoms with Crippen molar-refractivity contribution in [3.8, 4) is 11.5 Å². The first-order valence-corrected chi connectivity index (χ1v) is 6.63. The molecule has 5 heteroatoms. The lowest BCUT2D eigenvalue weighted by molar-refractivity contribution is 0.0972. The molecule has 0 saturated carbocycles. The fraction of sp³-hybridized carbons (Fsp3) is 0.118. The Hall–Kier alpha value is -2.95. The summed E-state index contributed by atoms with van der Waals surface area (Å²) in [6, 6.07) is 5.54. The second-order valence-corrected chi connectivity index (χ2v) is 5.23. The van der Waals surface area contributed by atoms with Crippen molar-refractivity contribution in [3.05, 3.63) is 57.6 Å². The molecule has 3 rings (SSSR count). The summed E-state index contributed by atoms with van der Waals surface area (Å²) in [6.07, 6.45) is 0. The molecule has 5 nitrogen and oxygen atoms in total. The molecule has 0 saturated heterocycles. The number of rotatable bonds is 1. The monoisotopic (exact) mass is 296 g/mol. The van der Waals surface area contributed by atoms with Crippen LogP contribution in [0.25, 0.3) is 0 Å². The fourth-order valence-electron chi connectivity index (χ4n) is 2.78. The summed E-state index contributed by atoms with van der Waals surface area (Å²) in [6.45, 7) is 2.83. The molecule has 1 aliphatic rings. The Kier molecular flexibility index (Phi) is 2.88. The number of hydrogen-bond donors (Lipinski definition) is 2. The number of carbonyl (C=O) groups is 3. The van der Waals surface area contributed by atoms with E-state index in [1.54, 1.807) is 0 Å². The highest BCUT2D eigenvalue weighted by Gasteiger charge is 2.35. The smallest absolute Gasteiger partial charge is 0.201 e. The molecule has 22 heavy (non-hydrogen) atoms. The highest BCUT2D eigenvalue weighted by Crippen LogP contribution is 2.39. The van der Waals surface area contributed by atoms with Crippen LogP contribution in [0.1, 0.15) is 54.7 Å². The SMILES string of the molecule is CC(=O)c1cc2c(c(O)c1C)C(=O)c1c(O)cccc1C2=O. The van der Waals surface area contributed by atoms with Crippen LogP contribution in [0.3, 0.4) is 0 Å². The molecule has 0 bridgehead atoms. The number of carbonyl (C=O) groups excluding carboxylic acids is 3. The summed E-state index contributed by atoms with van der Waals surface area (Å²) in [5.74, 6) is -2.14. The normalized spacial score (nSPS) is 12.8. The van der Waals surface area contributed by atoms with Gasteiger partial charge in [0, 0.05) is 22.3 Å². The van der Waals surface area contributed by atoms with Crippen LogP contribution in [0.15, 0.2) is 24.3 Å². The standard InChI is InChI=1S/C17H12O5/c1-7-10(8(2)18)6-11-14(15(7)20)17(22)13-9(16(11)21)4-3-5-12(13)19/h3-6,19-20H,1-2H3. The predicted molar refractivity (Wildman–Crippen MR) is 77.8 cm³/mol. The van der Waals surface area contributed by atoms with Crippen LogP contribution in [0.2, 0.25) is 0 Å². The molecule has 2 aromatic carbocycles. The van der Waals surface area contributed by atoms with Gasteiger partial charge in [0.05, 0.1) is 11.1 Å². The molecule has 0 spiro atoms. The molecule has 0 radical (unpaired) electrons. The van der Waals surface area contributed by atoms with Gasteiger partial charge in [0.25, 0.3) is 0 Å². The number of phenols is 2. The molecule has 1 aliphatic carbocycles. The Balaban J connectivity index is 2.40. The third-order valence-corrected chi connectivity index (χ3v) is 3.92. The van der Waals surface area contributed by atoms with Gasteiger partial charge in [-0.2, -0.15) is 0 Å². The summed E-state index contributed by atoms with van der Waals surface area (Å²) in [4.78, 5) is 36.8. The second kappa shape index (κ2) is 4.53. The van der Waals surface area contributed by atoms with Crippen molar-refractivity contribution in [2.75, 3.05) is 0 Å². The van der Waals surface area contributed by atoms with E-state index in [2.05, 4.69) is 0 Å². The van der Waals surface area contributed by atoms with E-state index in [1.807, 2.05) is 0 Å². The Morgan fingerprint density at radius 2 is 1.68 bits per heavy atom. The van der Waals surface area contributed by atoms with Crippen molar-refractivity contribution in [2.24, 2.45) is 0 Å². The summed E-state index contributed by atoms with van der Waals surface area (Å²) in [5, 5.41) is 20.1. The van der Waals surface area contributed by atoms with E-state index in [0.717, 1.165) is 0 Å². The lowest BCUT2D eigenvalue weighted by atomic mass is 9.80. The molecule has 0 aromatic heterocycles. The van der Waals surface area contributed by atoms with Crippen molar-refractivity contribution in [2.45, 2.75) is 13.8 Å². The molecule has 0 unspecified atom stereocenters. The van der Waals surface area contributed by atoms with Gasteiger partial charge in [-0.05, 0) is 26.0 Å². The van der Waals surface area contributed by atoms with Crippen molar-refractivity contribution in [1.29, 1.82) is 0 Å². The Bertz CT molecular complexity index is 877. The molecular formula is C17H12O5. The van der Waals surface area contributed by atoms with Gasteiger partial charge in [-0.1, -0.05) is 12.1 Å². The van der Waals surface area contributed by atoms with E-state index >= 15 is 0 Å². The van der Waals surface area contributed by atoms with Gasteiger partial charge in [-0.15, -0.1) is 0 Å². The van der Waals surface area contributed by atoms with Crippen molar-refractivity contribution in [1.82, 2.24) is 0 Å². The minimum atomic E-state index is -0.626. The first kappa shape index (κ1) is 14.0. The zero-order valence-electron chi connectivity index (χ0n) is 11.9. The summed E-state index contributed by atoms with van der Waals surface area (Å²) >= 11 is 0. The van der Waals surface area contributed by atoms with Crippen molar-refractivity contribution < 1.29 is 24.6 Å². The van der Waals surface area contributed by atoms with E-state index in [-0.39, 0.29) is 44.9 Å². The Labute approximate surface area is 125 Å². The lowest BCUT2D eigenvalue weighted by Gasteiger charge is -2.21. The van der Waals surface area contributed by atoms with Gasteiger partial charge < -0.3 is 10.2 Å². The molecule has 0 heterocycles. The maximum atomic E-state index is 12.6. The molecule has 2 aromatic rings. The maximum absolute atomic E-state index is 12.6. The second-order valence-electron chi connectivity index (χ2n) is 5.23. The number of benzene rings is 2. The Morgan fingerprint density at radius 1 is 1.00 bits per heavy atom. The first-order chi connectivity index (χ1) is 10.3. The van der Waals surface area contributed by atoms with Gasteiger partial charge in [0.1, 0.15) is 11.5 Å². The van der Waals surface area contributed by atoms with Crippen LogP contribution in [-0.2, 0) is 0 Å². The number of aromatic hydroxyl groups is 2. The summed E-state index contributed by atoms with van der Waals surface area (Å²) < 4.78 is 0. The molecule has 0 atom stereocenters. The molecule has 0 fully saturated rings. The van der Waals surface area contributed by atoms with Crippen LogP contribution in [0.4, 0.5) is 0 Å². The highest BCUT2D eigenvalue weighted by atomic mass is 16.3. The van der Waals surface area contributed by atoms with Crippen LogP contribution < -0.4 is 0 Å². The molecule has 0 aliphatic heterocycles. The van der Waals surface area contributed by atoms with E-state index < -0.39 is 17.3 Å². The lowest BCUT2D eigenvalue weighted by Crippen LogP contribution is -2.22. The molecule has 0 amide bonds. The number of hydrogen-bond acceptors (Lipinski definition) is 5. The molecular weight excluding hydrogens is 284 g/mol. The van der Waals surface area contributed by atoms with E-state index in [9.17, 15) is 24.6 Å². The van der Waals surface area contributed by atoms with Gasteiger partial charge in [-0.25, -0.2) is 0 Å². The first-order valence-electron chi connectivity index (χ1n) is 6.63. The zero-order chi connectivity index (χ0) is 16.2. The van der Waals surface area contributed by atoms with Crippen molar-refractivity contribution >= 4 is 17.3 Å². The minimum Gasteiger partial charge on any atom is -0.507 e. The number of fused-ring (bicyclic) bond motifs is 2. The summed E-state index contributed by atoms with van der Waals surface area (Å²) in [5.41, 5.74) is 0.200. The van der Waals surface area contributed by atoms with Gasteiger partial charge in [-0.3, -0.25) is 14.4 Å². The minimum absolute atomic E-state index is 0.0172. The summed E-state index contributed by atoms with van der Waals surface area (Å²) in [7, 11) is 0. The quantitative estimate of drug-likeness (QED) is 0.673. The average molecular weight is 296 g/mol. The zero-order valence-corrected chi connectivity index (χ0v) is 11.9. The van der Waals surface area contributed by atoms with Crippen LogP contribution in [-0.4, -0.2) is 27.6 Å². The number of phenolic OH excluding ortho intramolecular Hbond substituents is 2. The number of ketones is 3. The largest absolute Gasteiger partial charge is 0.507 e. The van der Waals surface area contributed by atoms with E-state index in [4.69, 9.17) is 0 Å². The van der Waals surface area contributed by atoms with Crippen LogP contribution >= 0.6 is 0 Å². The average Bonchev–Trinajstić information content (AvgIpc) is 2.46. The van der Waals surface area contributed by atoms with E-state index in [0.29, 0.717) is 0 Å². The molecule has 110 valence electrons. The van der Waals surface area contributed by atoms with Crippen LogP contribution in [0.5, 0.6) is 11.5 Å². The fourth-order valence-corrected chi connectivity index (χ4v) is 2.78. The van der Waals surface area contributed by atoms with Gasteiger partial charge in [0.15, 0.2) is 11.6 Å². The maximum Gasteiger partial charge on any atom is 0.201 e. The van der Waals surface area contributed by atoms with Gasteiger partial charge >= 0.3 is 0 Å².